The third-order valence-electron chi connectivity index (χ3n) is 6.16. The Morgan fingerprint density at radius 1 is 1.30 bits per heavy atom. The number of fused-ring (bicyclic) bond motifs is 1. The Morgan fingerprint density at radius 3 is 2.56 bits per heavy atom. The number of benzene rings is 1. The molecule has 5 heteroatoms. The summed E-state index contributed by atoms with van der Waals surface area (Å²) in [4.78, 5) is 26.4. The summed E-state index contributed by atoms with van der Waals surface area (Å²) in [7, 11) is 1.48. The molecule has 0 fully saturated rings. The van der Waals surface area contributed by atoms with Gasteiger partial charge in [-0.05, 0) is 70.6 Å². The van der Waals surface area contributed by atoms with Crippen molar-refractivity contribution in [2.45, 2.75) is 33.1 Å². The van der Waals surface area contributed by atoms with E-state index in [2.05, 4.69) is 22.5 Å². The number of rotatable bonds is 3. The molecule has 1 aromatic rings. The van der Waals surface area contributed by atoms with Crippen LogP contribution in [0.2, 0.25) is 0 Å². The average molecular weight is 431 g/mol. The number of hydrogen-bond donors (Lipinski definition) is 1. The van der Waals surface area contributed by atoms with Crippen molar-refractivity contribution < 1.29 is 19.4 Å². The number of phenols is 1. The molecule has 0 saturated heterocycles. The summed E-state index contributed by atoms with van der Waals surface area (Å²) in [6, 6.07) is 3.51. The monoisotopic (exact) mass is 430 g/mol. The molecule has 3 unspecified atom stereocenters. The van der Waals surface area contributed by atoms with Crippen LogP contribution in [0.4, 0.5) is 0 Å². The molecule has 0 spiro atoms. The van der Waals surface area contributed by atoms with Gasteiger partial charge in [-0.15, -0.1) is 0 Å². The van der Waals surface area contributed by atoms with Gasteiger partial charge in [0.25, 0.3) is 0 Å². The van der Waals surface area contributed by atoms with Crippen LogP contribution in [0.15, 0.2) is 52.1 Å². The summed E-state index contributed by atoms with van der Waals surface area (Å²) < 4.78 is 5.77. The van der Waals surface area contributed by atoms with E-state index in [0.29, 0.717) is 27.8 Å². The lowest BCUT2D eigenvalue weighted by Crippen LogP contribution is -2.50. The van der Waals surface area contributed by atoms with Crippen LogP contribution in [0, 0.1) is 11.3 Å². The number of Topliss-reactive ketones (excluding diaryl/α,β-unsaturated/α-hetero) is 2. The highest BCUT2D eigenvalue weighted by molar-refractivity contribution is 9.10. The second-order valence-corrected chi connectivity index (χ2v) is 8.26. The smallest absolute Gasteiger partial charge is 0.172 e. The van der Waals surface area contributed by atoms with Crippen LogP contribution >= 0.6 is 15.9 Å². The van der Waals surface area contributed by atoms with Crippen LogP contribution < -0.4 is 4.74 Å². The van der Waals surface area contributed by atoms with Crippen molar-refractivity contribution in [3.05, 3.63) is 57.6 Å². The van der Waals surface area contributed by atoms with E-state index in [1.807, 2.05) is 13.0 Å². The van der Waals surface area contributed by atoms with E-state index in [0.717, 1.165) is 11.1 Å². The summed E-state index contributed by atoms with van der Waals surface area (Å²) in [6.45, 7) is 9.26. The number of allylic oxidation sites excluding steroid dienone is 5. The second kappa shape index (κ2) is 6.79. The zero-order valence-corrected chi connectivity index (χ0v) is 17.5. The number of phenolic OH excluding ortho intramolecular Hbond substituents is 1. The van der Waals surface area contributed by atoms with Crippen molar-refractivity contribution in [1.29, 1.82) is 0 Å². The summed E-state index contributed by atoms with van der Waals surface area (Å²) in [6.07, 6.45) is 4.26. The molecule has 4 nitrogen and oxygen atoms in total. The van der Waals surface area contributed by atoms with E-state index in [-0.39, 0.29) is 23.2 Å². The van der Waals surface area contributed by atoms with Gasteiger partial charge in [-0.1, -0.05) is 25.7 Å². The summed E-state index contributed by atoms with van der Waals surface area (Å²) in [5, 5.41) is 10.2. The molecule has 0 heterocycles. The van der Waals surface area contributed by atoms with E-state index in [1.54, 1.807) is 32.1 Å². The maximum Gasteiger partial charge on any atom is 0.172 e. The van der Waals surface area contributed by atoms with Crippen molar-refractivity contribution in [2.75, 3.05) is 7.11 Å². The maximum atomic E-state index is 13.4. The van der Waals surface area contributed by atoms with Gasteiger partial charge in [0.2, 0.25) is 0 Å². The number of carbonyl (C=O) groups excluding carboxylic acids is 2. The van der Waals surface area contributed by atoms with E-state index in [1.165, 1.54) is 7.11 Å². The Labute approximate surface area is 167 Å². The minimum absolute atomic E-state index is 0.000799. The molecule has 0 saturated carbocycles. The Balaban J connectivity index is 2.29. The van der Waals surface area contributed by atoms with E-state index < -0.39 is 11.3 Å². The topological polar surface area (TPSA) is 63.6 Å². The molecule has 3 rings (SSSR count). The van der Waals surface area contributed by atoms with Crippen molar-refractivity contribution in [3.8, 4) is 11.5 Å². The van der Waals surface area contributed by atoms with Crippen LogP contribution in [0.1, 0.15) is 38.7 Å². The molecule has 0 amide bonds. The first kappa shape index (κ1) is 19.6. The fraction of sp³-hybridized carbons (Fsp3) is 0.364. The van der Waals surface area contributed by atoms with Crippen molar-refractivity contribution in [1.82, 2.24) is 0 Å². The number of halogens is 1. The summed E-state index contributed by atoms with van der Waals surface area (Å²) in [5.41, 5.74) is 1.87. The van der Waals surface area contributed by atoms with Crippen molar-refractivity contribution >= 4 is 27.5 Å². The highest BCUT2D eigenvalue weighted by Gasteiger charge is 2.56. The van der Waals surface area contributed by atoms with Crippen LogP contribution in [-0.4, -0.2) is 23.8 Å². The van der Waals surface area contributed by atoms with Gasteiger partial charge >= 0.3 is 0 Å². The maximum absolute atomic E-state index is 13.4. The first-order chi connectivity index (χ1) is 12.7. The SMILES string of the molecule is C=CC1=CCC2C(=O)C(C)=C(C)C(=O)C2(C)C1c1cc(Br)c(O)c(OC)c1. The third-order valence-corrected chi connectivity index (χ3v) is 6.77. The standard InChI is InChI=1S/C22H23BrO4/c1-6-13-7-8-15-19(24)11(2)12(3)21(26)22(15,4)18(13)14-9-16(23)20(25)17(10-14)27-5/h6-7,9-10,15,18,25H,1,8H2,2-5H3. The number of carbonyl (C=O) groups is 2. The van der Waals surface area contributed by atoms with Crippen LogP contribution in [-0.2, 0) is 9.59 Å². The molecular formula is C22H23BrO4. The predicted molar refractivity (Wildman–Crippen MR) is 108 cm³/mol. The molecule has 142 valence electrons. The number of ketones is 2. The first-order valence-corrected chi connectivity index (χ1v) is 9.63. The minimum Gasteiger partial charge on any atom is -0.503 e. The molecule has 1 aromatic carbocycles. The Kier molecular flexibility index (Phi) is 4.93. The third kappa shape index (κ3) is 2.71. The summed E-state index contributed by atoms with van der Waals surface area (Å²) in [5.74, 6) is -0.443. The number of hydrogen-bond acceptors (Lipinski definition) is 4. The molecule has 0 radical (unpaired) electrons. The number of aromatic hydroxyl groups is 1. The molecule has 27 heavy (non-hydrogen) atoms. The fourth-order valence-electron chi connectivity index (χ4n) is 4.51. The lowest BCUT2D eigenvalue weighted by molar-refractivity contribution is -0.138. The Bertz CT molecular complexity index is 924. The summed E-state index contributed by atoms with van der Waals surface area (Å²) >= 11 is 3.36. The van der Waals surface area contributed by atoms with Gasteiger partial charge in [0.05, 0.1) is 17.0 Å². The molecule has 2 aliphatic carbocycles. The molecule has 0 aromatic heterocycles. The molecule has 3 atom stereocenters. The normalized spacial score (nSPS) is 28.0. The fourth-order valence-corrected chi connectivity index (χ4v) is 4.97. The lowest BCUT2D eigenvalue weighted by Gasteiger charge is -2.48. The van der Waals surface area contributed by atoms with Gasteiger partial charge in [-0.3, -0.25) is 9.59 Å². The highest BCUT2D eigenvalue weighted by Crippen LogP contribution is 2.56. The van der Waals surface area contributed by atoms with Gasteiger partial charge in [0.15, 0.2) is 23.1 Å². The molecule has 0 aliphatic heterocycles. The van der Waals surface area contributed by atoms with E-state index in [9.17, 15) is 14.7 Å². The van der Waals surface area contributed by atoms with Crippen molar-refractivity contribution in [2.24, 2.45) is 11.3 Å². The zero-order valence-electron chi connectivity index (χ0n) is 15.9. The van der Waals surface area contributed by atoms with Gasteiger partial charge in [0.1, 0.15) is 0 Å². The van der Waals surface area contributed by atoms with Crippen LogP contribution in [0.3, 0.4) is 0 Å². The van der Waals surface area contributed by atoms with Gasteiger partial charge < -0.3 is 9.84 Å². The second-order valence-electron chi connectivity index (χ2n) is 7.41. The quantitative estimate of drug-likeness (QED) is 0.742. The van der Waals surface area contributed by atoms with Gasteiger partial charge in [0, 0.05) is 11.8 Å². The van der Waals surface area contributed by atoms with Crippen LogP contribution in [0.5, 0.6) is 11.5 Å². The Morgan fingerprint density at radius 2 is 1.96 bits per heavy atom. The predicted octanol–water partition coefficient (Wildman–Crippen LogP) is 4.87. The van der Waals surface area contributed by atoms with E-state index >= 15 is 0 Å². The van der Waals surface area contributed by atoms with Crippen LogP contribution in [0.25, 0.3) is 0 Å². The van der Waals surface area contributed by atoms with E-state index in [4.69, 9.17) is 4.74 Å². The number of methoxy groups -OCH3 is 1. The largest absolute Gasteiger partial charge is 0.503 e. The van der Waals surface area contributed by atoms with Gasteiger partial charge in [-0.2, -0.15) is 0 Å². The molecule has 0 bridgehead atoms. The minimum atomic E-state index is -0.916. The number of ether oxygens (including phenoxy) is 1. The average Bonchev–Trinajstić information content (AvgIpc) is 2.66. The molecular weight excluding hydrogens is 408 g/mol. The van der Waals surface area contributed by atoms with Gasteiger partial charge in [-0.25, -0.2) is 0 Å². The highest BCUT2D eigenvalue weighted by atomic mass is 79.9. The molecule has 2 aliphatic rings. The first-order valence-electron chi connectivity index (χ1n) is 8.83. The van der Waals surface area contributed by atoms with Crippen molar-refractivity contribution in [3.63, 3.8) is 0 Å². The lowest BCUT2D eigenvalue weighted by atomic mass is 9.52. The Hall–Kier alpha value is -2.14. The zero-order chi connectivity index (χ0) is 20.1. The molecule has 1 N–H and O–H groups in total.